The molecule has 2 amide bonds. The molecule has 1 aliphatic heterocycles. The molecule has 1 aromatic heterocycles. The molecule has 0 aliphatic carbocycles. The Labute approximate surface area is 196 Å². The zero-order valence-corrected chi connectivity index (χ0v) is 19.2. The highest BCUT2D eigenvalue weighted by Crippen LogP contribution is 2.22. The van der Waals surface area contributed by atoms with Gasteiger partial charge in [-0.2, -0.15) is 0 Å². The molecule has 1 fully saturated rings. The van der Waals surface area contributed by atoms with E-state index in [2.05, 4.69) is 41.4 Å². The zero-order valence-electron chi connectivity index (χ0n) is 19.2. The maximum Gasteiger partial charge on any atom is 0.227 e. The fourth-order valence-corrected chi connectivity index (χ4v) is 4.44. The largest absolute Gasteiger partial charge is 0.341 e. The van der Waals surface area contributed by atoms with Crippen molar-refractivity contribution in [1.82, 2.24) is 14.8 Å². The Morgan fingerprint density at radius 1 is 0.909 bits per heavy atom. The first-order valence-electron chi connectivity index (χ1n) is 11.7. The maximum atomic E-state index is 13.2. The van der Waals surface area contributed by atoms with Gasteiger partial charge in [0.05, 0.1) is 5.92 Å². The highest BCUT2D eigenvalue weighted by molar-refractivity contribution is 5.82. The van der Waals surface area contributed by atoms with Crippen LogP contribution in [0, 0.1) is 5.92 Å². The molecule has 0 bridgehead atoms. The maximum absolute atomic E-state index is 13.2. The Morgan fingerprint density at radius 2 is 1.61 bits per heavy atom. The van der Waals surface area contributed by atoms with Gasteiger partial charge in [0.25, 0.3) is 0 Å². The standard InChI is InChI=1S/C28H31N3O2/c1-2-30-18-19-31(27(32)13-10-22-14-16-29-17-15-22)21-26(28(30)33)20-23-8-11-25(12-9-23)24-6-4-3-5-7-24/h3-9,11-12,14-17,26H,2,10,13,18-21H2,1H3/t26-/m0/s1. The Hall–Kier alpha value is -3.47. The second-order valence-electron chi connectivity index (χ2n) is 8.58. The van der Waals surface area contributed by atoms with E-state index in [1.807, 2.05) is 47.1 Å². The van der Waals surface area contributed by atoms with Gasteiger partial charge in [0.15, 0.2) is 0 Å². The predicted molar refractivity (Wildman–Crippen MR) is 130 cm³/mol. The molecule has 1 saturated heterocycles. The first kappa shape index (κ1) is 22.7. The normalized spacial score (nSPS) is 16.5. The molecule has 1 atom stereocenters. The minimum absolute atomic E-state index is 0.113. The second kappa shape index (κ2) is 10.9. The van der Waals surface area contributed by atoms with E-state index < -0.39 is 0 Å². The number of hydrogen-bond acceptors (Lipinski definition) is 3. The number of likely N-dealkylation sites (N-methyl/N-ethyl adjacent to an activating group) is 1. The number of rotatable bonds is 7. The molecule has 0 saturated carbocycles. The third-order valence-electron chi connectivity index (χ3n) is 6.40. The minimum Gasteiger partial charge on any atom is -0.341 e. The number of aromatic nitrogens is 1. The Balaban J connectivity index is 1.44. The number of pyridine rings is 1. The van der Waals surface area contributed by atoms with E-state index in [-0.39, 0.29) is 17.7 Å². The van der Waals surface area contributed by atoms with Crippen LogP contribution in [0.4, 0.5) is 0 Å². The molecule has 4 rings (SSSR count). The number of nitrogens with zero attached hydrogens (tertiary/aromatic N) is 3. The predicted octanol–water partition coefficient (Wildman–Crippen LogP) is 4.23. The van der Waals surface area contributed by atoms with Crippen LogP contribution in [0.15, 0.2) is 79.1 Å². The Bertz CT molecular complexity index is 1050. The molecule has 2 heterocycles. The van der Waals surface area contributed by atoms with Crippen LogP contribution >= 0.6 is 0 Å². The van der Waals surface area contributed by atoms with Gasteiger partial charge in [-0.05, 0) is 54.2 Å². The smallest absolute Gasteiger partial charge is 0.227 e. The van der Waals surface area contributed by atoms with Crippen molar-refractivity contribution in [2.45, 2.75) is 26.2 Å². The van der Waals surface area contributed by atoms with Gasteiger partial charge < -0.3 is 9.80 Å². The van der Waals surface area contributed by atoms with Crippen LogP contribution in [-0.4, -0.2) is 52.8 Å². The summed E-state index contributed by atoms with van der Waals surface area (Å²) < 4.78 is 0. The molecule has 170 valence electrons. The fourth-order valence-electron chi connectivity index (χ4n) is 4.44. The molecule has 5 heteroatoms. The van der Waals surface area contributed by atoms with Crippen LogP contribution < -0.4 is 0 Å². The molecular formula is C28H31N3O2. The first-order chi connectivity index (χ1) is 16.1. The van der Waals surface area contributed by atoms with Gasteiger partial charge in [0.1, 0.15) is 0 Å². The molecular weight excluding hydrogens is 410 g/mol. The Kier molecular flexibility index (Phi) is 7.51. The van der Waals surface area contributed by atoms with Crippen LogP contribution in [0.2, 0.25) is 0 Å². The number of carbonyl (C=O) groups is 2. The summed E-state index contributed by atoms with van der Waals surface area (Å²) in [5.74, 6) is 0.0379. The van der Waals surface area contributed by atoms with E-state index in [9.17, 15) is 9.59 Å². The van der Waals surface area contributed by atoms with Crippen molar-refractivity contribution in [2.75, 3.05) is 26.2 Å². The minimum atomic E-state index is -0.222. The second-order valence-corrected chi connectivity index (χ2v) is 8.58. The van der Waals surface area contributed by atoms with E-state index in [1.165, 1.54) is 5.56 Å². The van der Waals surface area contributed by atoms with Crippen LogP contribution in [0.1, 0.15) is 24.5 Å². The van der Waals surface area contributed by atoms with Crippen molar-refractivity contribution in [1.29, 1.82) is 0 Å². The summed E-state index contributed by atoms with van der Waals surface area (Å²) in [4.78, 5) is 34.0. The fraction of sp³-hybridized carbons (Fsp3) is 0.321. The lowest BCUT2D eigenvalue weighted by molar-refractivity contribution is -0.134. The van der Waals surface area contributed by atoms with Gasteiger partial charge in [-0.25, -0.2) is 0 Å². The summed E-state index contributed by atoms with van der Waals surface area (Å²) in [5, 5.41) is 0. The summed E-state index contributed by atoms with van der Waals surface area (Å²) in [6.45, 7) is 4.34. The van der Waals surface area contributed by atoms with Crippen molar-refractivity contribution in [2.24, 2.45) is 5.92 Å². The van der Waals surface area contributed by atoms with Crippen molar-refractivity contribution < 1.29 is 9.59 Å². The van der Waals surface area contributed by atoms with Crippen LogP contribution in [0.5, 0.6) is 0 Å². The average molecular weight is 442 g/mol. The van der Waals surface area contributed by atoms with E-state index in [4.69, 9.17) is 0 Å². The quantitative estimate of drug-likeness (QED) is 0.551. The topological polar surface area (TPSA) is 53.5 Å². The molecule has 3 aromatic rings. The summed E-state index contributed by atoms with van der Waals surface area (Å²) in [6.07, 6.45) is 5.28. The number of benzene rings is 2. The highest BCUT2D eigenvalue weighted by Gasteiger charge is 2.31. The summed E-state index contributed by atoms with van der Waals surface area (Å²) in [6, 6.07) is 22.6. The molecule has 0 radical (unpaired) electrons. The summed E-state index contributed by atoms with van der Waals surface area (Å²) >= 11 is 0. The average Bonchev–Trinajstić information content (AvgIpc) is 3.03. The van der Waals surface area contributed by atoms with E-state index >= 15 is 0 Å². The summed E-state index contributed by atoms with van der Waals surface area (Å²) in [5.41, 5.74) is 4.57. The number of hydrogen-bond donors (Lipinski definition) is 0. The third-order valence-corrected chi connectivity index (χ3v) is 6.40. The molecule has 5 nitrogen and oxygen atoms in total. The van der Waals surface area contributed by atoms with E-state index in [0.717, 1.165) is 16.7 Å². The van der Waals surface area contributed by atoms with Gasteiger partial charge in [0, 0.05) is 45.0 Å². The van der Waals surface area contributed by atoms with Crippen molar-refractivity contribution >= 4 is 11.8 Å². The monoisotopic (exact) mass is 441 g/mol. The highest BCUT2D eigenvalue weighted by atomic mass is 16.2. The molecule has 2 aromatic carbocycles. The molecule has 0 N–H and O–H groups in total. The van der Waals surface area contributed by atoms with Crippen molar-refractivity contribution in [3.05, 3.63) is 90.3 Å². The van der Waals surface area contributed by atoms with Crippen LogP contribution in [0.3, 0.4) is 0 Å². The number of aryl methyl sites for hydroxylation is 1. The van der Waals surface area contributed by atoms with Gasteiger partial charge in [0.2, 0.25) is 11.8 Å². The van der Waals surface area contributed by atoms with Gasteiger partial charge in [-0.3, -0.25) is 14.6 Å². The summed E-state index contributed by atoms with van der Waals surface area (Å²) in [7, 11) is 0. The van der Waals surface area contributed by atoms with Gasteiger partial charge >= 0.3 is 0 Å². The SMILES string of the molecule is CCN1CCN(C(=O)CCc2ccncc2)C[C@H](Cc2ccc(-c3ccccc3)cc2)C1=O. The lowest BCUT2D eigenvalue weighted by atomic mass is 9.95. The van der Waals surface area contributed by atoms with E-state index in [0.29, 0.717) is 45.4 Å². The molecule has 0 spiro atoms. The van der Waals surface area contributed by atoms with Crippen LogP contribution in [0.25, 0.3) is 11.1 Å². The van der Waals surface area contributed by atoms with Crippen molar-refractivity contribution in [3.8, 4) is 11.1 Å². The lowest BCUT2D eigenvalue weighted by Crippen LogP contribution is -2.38. The Morgan fingerprint density at radius 3 is 2.30 bits per heavy atom. The van der Waals surface area contributed by atoms with Gasteiger partial charge in [-0.1, -0.05) is 54.6 Å². The number of carbonyl (C=O) groups excluding carboxylic acids is 2. The first-order valence-corrected chi connectivity index (χ1v) is 11.7. The number of amides is 2. The lowest BCUT2D eigenvalue weighted by Gasteiger charge is -2.24. The zero-order chi connectivity index (χ0) is 23.0. The molecule has 33 heavy (non-hydrogen) atoms. The van der Waals surface area contributed by atoms with Gasteiger partial charge in [-0.15, -0.1) is 0 Å². The van der Waals surface area contributed by atoms with Crippen LogP contribution in [-0.2, 0) is 22.4 Å². The molecule has 0 unspecified atom stereocenters. The van der Waals surface area contributed by atoms with Crippen molar-refractivity contribution in [3.63, 3.8) is 0 Å². The van der Waals surface area contributed by atoms with E-state index in [1.54, 1.807) is 12.4 Å². The third kappa shape index (κ3) is 5.86. The molecule has 1 aliphatic rings.